The maximum Gasteiger partial charge on any atom is 0.334 e. The number of aryl methyl sites for hydroxylation is 1. The molecule has 3 nitrogen and oxygen atoms in total. The van der Waals surface area contributed by atoms with Gasteiger partial charge >= 0.3 is 12.3 Å². The number of anilines is 1. The third kappa shape index (κ3) is 3.39. The molecule has 0 heterocycles. The largest absolute Gasteiger partial charge is 0.382 e. The summed E-state index contributed by atoms with van der Waals surface area (Å²) in [5.41, 5.74) is -1.14. The molecule has 7 heteroatoms. The molecule has 1 aliphatic carbocycles. The fourth-order valence-corrected chi connectivity index (χ4v) is 2.84. The van der Waals surface area contributed by atoms with E-state index >= 15 is 0 Å². The number of nitrogens with one attached hydrogen (secondary N) is 1. The van der Waals surface area contributed by atoms with E-state index in [9.17, 15) is 22.5 Å². The first kappa shape index (κ1) is 16.7. The molecule has 0 radical (unpaired) electrons. The van der Waals surface area contributed by atoms with Crippen LogP contribution in [0.25, 0.3) is 0 Å². The van der Waals surface area contributed by atoms with Gasteiger partial charge < -0.3 is 5.32 Å². The Morgan fingerprint density at radius 3 is 2.41 bits per heavy atom. The predicted molar refractivity (Wildman–Crippen MR) is 77.0 cm³/mol. The molecule has 0 unspecified atom stereocenters. The van der Waals surface area contributed by atoms with E-state index in [2.05, 4.69) is 10.5 Å². The Kier molecular flexibility index (Phi) is 5.03. The molecule has 1 fully saturated rings. The number of hydrogen-bond donors (Lipinski definition) is 1. The molecule has 122 valence electrons. The topological polar surface area (TPSA) is 41.5 Å². The Balaban J connectivity index is 2.36. The number of alkyl halides is 4. The van der Waals surface area contributed by atoms with E-state index in [1.165, 1.54) is 13.0 Å². The second-order valence-corrected chi connectivity index (χ2v) is 5.68. The predicted octanol–water partition coefficient (Wildman–Crippen LogP) is 5.49. The zero-order chi connectivity index (χ0) is 16.3. The molecule has 0 aromatic heterocycles. The van der Waals surface area contributed by atoms with Crippen LogP contribution in [-0.2, 0) is 5.92 Å². The van der Waals surface area contributed by atoms with E-state index in [1.54, 1.807) is 0 Å². The van der Waals surface area contributed by atoms with Crippen molar-refractivity contribution in [3.63, 3.8) is 0 Å². The van der Waals surface area contributed by atoms with Crippen LogP contribution >= 0.6 is 0 Å². The lowest BCUT2D eigenvalue weighted by Crippen LogP contribution is -2.25. The summed E-state index contributed by atoms with van der Waals surface area (Å²) >= 11 is 0. The normalized spacial score (nSPS) is 16.8. The monoisotopic (exact) mass is 318 g/mol. The molecule has 1 aromatic carbocycles. The Bertz CT molecular complexity index is 543. The number of hydrogen-bond acceptors (Lipinski definition) is 3. The van der Waals surface area contributed by atoms with Crippen molar-refractivity contribution in [1.82, 2.24) is 0 Å². The van der Waals surface area contributed by atoms with E-state index in [-0.39, 0.29) is 11.6 Å². The Labute approximate surface area is 126 Å². The maximum absolute atomic E-state index is 13.7. The molecule has 1 aromatic rings. The zero-order valence-corrected chi connectivity index (χ0v) is 12.2. The highest BCUT2D eigenvalue weighted by atomic mass is 19.3. The minimum Gasteiger partial charge on any atom is -0.382 e. The average Bonchev–Trinajstić information content (AvgIpc) is 2.47. The first-order valence-corrected chi connectivity index (χ1v) is 7.27. The SMILES string of the molecule is Cc1cc(NC2CCCCC2)cc(C(F)(F)C(F)F)c1N=O. The molecule has 0 bridgehead atoms. The van der Waals surface area contributed by atoms with Crippen LogP contribution in [-0.4, -0.2) is 12.5 Å². The van der Waals surface area contributed by atoms with Crippen molar-refractivity contribution in [3.05, 3.63) is 28.2 Å². The van der Waals surface area contributed by atoms with E-state index in [1.807, 2.05) is 0 Å². The summed E-state index contributed by atoms with van der Waals surface area (Å²) in [6, 6.07) is 2.55. The molecule has 0 amide bonds. The van der Waals surface area contributed by atoms with Gasteiger partial charge in [0.15, 0.2) is 0 Å². The Hall–Kier alpha value is -1.66. The van der Waals surface area contributed by atoms with E-state index in [0.29, 0.717) is 5.69 Å². The van der Waals surface area contributed by atoms with Gasteiger partial charge in [0.2, 0.25) is 0 Å². The van der Waals surface area contributed by atoms with Crippen LogP contribution in [0.3, 0.4) is 0 Å². The van der Waals surface area contributed by atoms with Gasteiger partial charge in [-0.05, 0) is 42.6 Å². The highest BCUT2D eigenvalue weighted by Crippen LogP contribution is 2.43. The standard InChI is InChI=1S/C15H18F4N2O/c1-9-7-11(20-10-5-3-2-4-6-10)8-12(13(9)21-22)15(18,19)14(16)17/h7-8,10,14,20H,2-6H2,1H3. The van der Waals surface area contributed by atoms with Gasteiger partial charge in [0.1, 0.15) is 5.69 Å². The molecule has 1 saturated carbocycles. The van der Waals surface area contributed by atoms with Gasteiger partial charge in [0, 0.05) is 11.7 Å². The highest BCUT2D eigenvalue weighted by molar-refractivity contribution is 5.63. The third-order valence-electron chi connectivity index (χ3n) is 4.00. The summed E-state index contributed by atoms with van der Waals surface area (Å²) in [6.45, 7) is 1.41. The van der Waals surface area contributed by atoms with Crippen LogP contribution < -0.4 is 5.32 Å². The van der Waals surface area contributed by atoms with Crippen LogP contribution in [0.4, 0.5) is 28.9 Å². The summed E-state index contributed by atoms with van der Waals surface area (Å²) in [4.78, 5) is 10.8. The minimum absolute atomic E-state index is 0.135. The van der Waals surface area contributed by atoms with Crippen molar-refractivity contribution >= 4 is 11.4 Å². The summed E-state index contributed by atoms with van der Waals surface area (Å²) in [5, 5.41) is 5.62. The lowest BCUT2D eigenvalue weighted by Gasteiger charge is -2.25. The van der Waals surface area contributed by atoms with Crippen LogP contribution in [0.1, 0.15) is 43.2 Å². The molecule has 1 aliphatic rings. The van der Waals surface area contributed by atoms with Gasteiger partial charge in [-0.3, -0.25) is 0 Å². The van der Waals surface area contributed by atoms with Crippen LogP contribution in [0.15, 0.2) is 17.3 Å². The number of nitrogens with zero attached hydrogens (tertiary/aromatic N) is 1. The molecular formula is C15H18F4N2O. The van der Waals surface area contributed by atoms with Gasteiger partial charge in [0.25, 0.3) is 0 Å². The van der Waals surface area contributed by atoms with Gasteiger partial charge in [-0.2, -0.15) is 8.78 Å². The lowest BCUT2D eigenvalue weighted by molar-refractivity contribution is -0.134. The third-order valence-corrected chi connectivity index (χ3v) is 4.00. The molecule has 22 heavy (non-hydrogen) atoms. The molecule has 0 spiro atoms. The first-order chi connectivity index (χ1) is 10.4. The molecule has 0 aliphatic heterocycles. The molecule has 2 rings (SSSR count). The summed E-state index contributed by atoms with van der Waals surface area (Å²) in [7, 11) is 0. The van der Waals surface area contributed by atoms with Crippen molar-refractivity contribution in [1.29, 1.82) is 0 Å². The number of halogens is 4. The first-order valence-electron chi connectivity index (χ1n) is 7.27. The number of nitroso groups, excluding NO2 is 1. The van der Waals surface area contributed by atoms with Gasteiger partial charge in [-0.15, -0.1) is 4.91 Å². The van der Waals surface area contributed by atoms with Gasteiger partial charge in [-0.1, -0.05) is 19.3 Å². The van der Waals surface area contributed by atoms with Crippen molar-refractivity contribution in [2.45, 2.75) is 57.4 Å². The van der Waals surface area contributed by atoms with Crippen LogP contribution in [0, 0.1) is 11.8 Å². The maximum atomic E-state index is 13.7. The van der Waals surface area contributed by atoms with Gasteiger partial charge in [0.05, 0.1) is 5.56 Å². The van der Waals surface area contributed by atoms with Crippen molar-refractivity contribution in [2.75, 3.05) is 5.32 Å². The van der Waals surface area contributed by atoms with Gasteiger partial charge in [-0.25, -0.2) is 8.78 Å². The van der Waals surface area contributed by atoms with Crippen molar-refractivity contribution < 1.29 is 17.6 Å². The number of benzene rings is 1. The fraction of sp³-hybridized carbons (Fsp3) is 0.600. The lowest BCUT2D eigenvalue weighted by atomic mass is 9.94. The average molecular weight is 318 g/mol. The Morgan fingerprint density at radius 2 is 1.86 bits per heavy atom. The highest BCUT2D eigenvalue weighted by Gasteiger charge is 2.45. The number of rotatable bonds is 5. The second kappa shape index (κ2) is 6.62. The smallest absolute Gasteiger partial charge is 0.334 e. The summed E-state index contributed by atoms with van der Waals surface area (Å²) < 4.78 is 52.6. The van der Waals surface area contributed by atoms with E-state index in [0.717, 1.165) is 38.2 Å². The van der Waals surface area contributed by atoms with E-state index in [4.69, 9.17) is 0 Å². The quantitative estimate of drug-likeness (QED) is 0.576. The minimum atomic E-state index is -4.40. The molecule has 1 N–H and O–H groups in total. The molecule has 0 saturated heterocycles. The van der Waals surface area contributed by atoms with Crippen LogP contribution in [0.2, 0.25) is 0 Å². The summed E-state index contributed by atoms with van der Waals surface area (Å²) in [6.07, 6.45) is 1.16. The molecule has 0 atom stereocenters. The zero-order valence-electron chi connectivity index (χ0n) is 12.2. The van der Waals surface area contributed by atoms with E-state index < -0.39 is 23.6 Å². The Morgan fingerprint density at radius 1 is 1.23 bits per heavy atom. The second-order valence-electron chi connectivity index (χ2n) is 5.68. The fourth-order valence-electron chi connectivity index (χ4n) is 2.84. The van der Waals surface area contributed by atoms with Crippen LogP contribution in [0.5, 0.6) is 0 Å². The van der Waals surface area contributed by atoms with Crippen molar-refractivity contribution in [2.24, 2.45) is 5.18 Å². The van der Waals surface area contributed by atoms with Crippen molar-refractivity contribution in [3.8, 4) is 0 Å². The summed E-state index contributed by atoms with van der Waals surface area (Å²) in [5.74, 6) is -4.40. The molecular weight excluding hydrogens is 300 g/mol.